The monoisotopic (exact) mass is 433 g/mol. The number of likely N-dealkylation sites (tertiary alicyclic amines) is 1. The standard InChI is InChI=1S/C22H31N3O4S/c1-4-18-13-29-22(28)25(18)19-9-11-24(12-10-19)21(27)16-5-7-17(8-6-16)23-20(26)14-30-15(2)3/h5-8,15,18-19H,4,9-14H2,1-3H3,(H,23,26). The van der Waals surface area contributed by atoms with Crippen LogP contribution in [0.4, 0.5) is 10.5 Å². The second-order valence-electron chi connectivity index (χ2n) is 8.05. The summed E-state index contributed by atoms with van der Waals surface area (Å²) in [6.45, 7) is 7.88. The molecule has 2 aliphatic rings. The first kappa shape index (κ1) is 22.5. The number of nitrogens with one attached hydrogen (secondary N) is 1. The molecule has 0 spiro atoms. The average Bonchev–Trinajstić information content (AvgIpc) is 3.13. The number of amides is 3. The number of hydrogen-bond acceptors (Lipinski definition) is 5. The number of nitrogens with zero attached hydrogens (tertiary/aromatic N) is 2. The molecule has 1 N–H and O–H groups in total. The Labute approximate surface area is 182 Å². The van der Waals surface area contributed by atoms with E-state index in [-0.39, 0.29) is 30.0 Å². The summed E-state index contributed by atoms with van der Waals surface area (Å²) in [5.41, 5.74) is 1.30. The van der Waals surface area contributed by atoms with E-state index in [1.807, 2.05) is 9.80 Å². The van der Waals surface area contributed by atoms with Crippen molar-refractivity contribution in [3.63, 3.8) is 0 Å². The lowest BCUT2D eigenvalue weighted by atomic mass is 10.0. The third-order valence-corrected chi connectivity index (χ3v) is 6.68. The highest BCUT2D eigenvalue weighted by atomic mass is 32.2. The molecule has 7 nitrogen and oxygen atoms in total. The van der Waals surface area contributed by atoms with Gasteiger partial charge in [0.15, 0.2) is 0 Å². The van der Waals surface area contributed by atoms with Crippen LogP contribution in [0.2, 0.25) is 0 Å². The lowest BCUT2D eigenvalue weighted by molar-refractivity contribution is -0.113. The Morgan fingerprint density at radius 3 is 2.47 bits per heavy atom. The fraction of sp³-hybridized carbons (Fsp3) is 0.591. The summed E-state index contributed by atoms with van der Waals surface area (Å²) in [5.74, 6) is 0.356. The number of carbonyl (C=O) groups excluding carboxylic acids is 3. The summed E-state index contributed by atoms with van der Waals surface area (Å²) in [5, 5.41) is 3.27. The largest absolute Gasteiger partial charge is 0.447 e. The molecule has 1 aromatic rings. The normalized spacial score (nSPS) is 19.9. The molecule has 0 aromatic heterocycles. The lowest BCUT2D eigenvalue weighted by Crippen LogP contribution is -2.49. The maximum atomic E-state index is 12.9. The van der Waals surface area contributed by atoms with Gasteiger partial charge in [-0.1, -0.05) is 20.8 Å². The van der Waals surface area contributed by atoms with Crippen LogP contribution in [-0.4, -0.2) is 70.5 Å². The van der Waals surface area contributed by atoms with E-state index in [2.05, 4.69) is 26.1 Å². The van der Waals surface area contributed by atoms with E-state index in [9.17, 15) is 14.4 Å². The summed E-state index contributed by atoms with van der Waals surface area (Å²) < 4.78 is 5.21. The first-order chi connectivity index (χ1) is 14.4. The minimum absolute atomic E-state index is 0.0160. The number of thioether (sulfide) groups is 1. The number of benzene rings is 1. The van der Waals surface area contributed by atoms with Gasteiger partial charge in [-0.15, -0.1) is 11.8 Å². The molecule has 1 aromatic carbocycles. The highest BCUT2D eigenvalue weighted by Crippen LogP contribution is 2.26. The highest BCUT2D eigenvalue weighted by Gasteiger charge is 2.38. The smallest absolute Gasteiger partial charge is 0.410 e. The molecular weight excluding hydrogens is 402 g/mol. The quantitative estimate of drug-likeness (QED) is 0.711. The van der Waals surface area contributed by atoms with Gasteiger partial charge in [-0.25, -0.2) is 4.79 Å². The van der Waals surface area contributed by atoms with Crippen molar-refractivity contribution >= 4 is 35.4 Å². The Hall–Kier alpha value is -2.22. The van der Waals surface area contributed by atoms with Gasteiger partial charge < -0.3 is 15.0 Å². The molecule has 3 amide bonds. The van der Waals surface area contributed by atoms with Crippen LogP contribution < -0.4 is 5.32 Å². The maximum absolute atomic E-state index is 12.9. The van der Waals surface area contributed by atoms with Crippen LogP contribution in [0.3, 0.4) is 0 Å². The molecular formula is C22H31N3O4S. The second kappa shape index (κ2) is 10.2. The Morgan fingerprint density at radius 2 is 1.87 bits per heavy atom. The van der Waals surface area contributed by atoms with Crippen LogP contribution in [-0.2, 0) is 9.53 Å². The predicted molar refractivity (Wildman–Crippen MR) is 119 cm³/mol. The van der Waals surface area contributed by atoms with Crippen LogP contribution in [0.1, 0.15) is 50.4 Å². The molecule has 30 heavy (non-hydrogen) atoms. The van der Waals surface area contributed by atoms with Crippen LogP contribution in [0.5, 0.6) is 0 Å². The second-order valence-corrected chi connectivity index (χ2v) is 9.62. The summed E-state index contributed by atoms with van der Waals surface area (Å²) in [4.78, 5) is 40.6. The van der Waals surface area contributed by atoms with Crippen molar-refractivity contribution in [2.75, 3.05) is 30.8 Å². The Balaban J connectivity index is 1.51. The zero-order chi connectivity index (χ0) is 21.7. The lowest BCUT2D eigenvalue weighted by Gasteiger charge is -2.37. The van der Waals surface area contributed by atoms with Crippen molar-refractivity contribution < 1.29 is 19.1 Å². The molecule has 0 radical (unpaired) electrons. The van der Waals surface area contributed by atoms with E-state index in [0.717, 1.165) is 19.3 Å². The molecule has 2 aliphatic heterocycles. The van der Waals surface area contributed by atoms with Gasteiger partial charge in [0.1, 0.15) is 6.61 Å². The van der Waals surface area contributed by atoms with Crippen LogP contribution in [0.15, 0.2) is 24.3 Å². The molecule has 3 rings (SSSR count). The average molecular weight is 434 g/mol. The van der Waals surface area contributed by atoms with Gasteiger partial charge in [-0.05, 0) is 48.8 Å². The minimum Gasteiger partial charge on any atom is -0.447 e. The number of anilines is 1. The van der Waals surface area contributed by atoms with E-state index >= 15 is 0 Å². The van der Waals surface area contributed by atoms with Crippen molar-refractivity contribution in [3.8, 4) is 0 Å². The third kappa shape index (κ3) is 5.47. The third-order valence-electron chi connectivity index (χ3n) is 5.58. The van der Waals surface area contributed by atoms with E-state index in [1.54, 1.807) is 36.0 Å². The number of piperidine rings is 1. The van der Waals surface area contributed by atoms with Gasteiger partial charge in [-0.2, -0.15) is 0 Å². The molecule has 164 valence electrons. The van der Waals surface area contributed by atoms with Crippen LogP contribution in [0.25, 0.3) is 0 Å². The number of ether oxygens (including phenoxy) is 1. The first-order valence-electron chi connectivity index (χ1n) is 10.6. The SMILES string of the molecule is CCC1COC(=O)N1C1CCN(C(=O)c2ccc(NC(=O)CSC(C)C)cc2)CC1. The summed E-state index contributed by atoms with van der Waals surface area (Å²) >= 11 is 1.59. The van der Waals surface area contributed by atoms with E-state index in [1.165, 1.54) is 0 Å². The molecule has 8 heteroatoms. The molecule has 2 saturated heterocycles. The minimum atomic E-state index is -0.226. The fourth-order valence-electron chi connectivity index (χ4n) is 3.90. The van der Waals surface area contributed by atoms with Gasteiger partial charge in [-0.3, -0.25) is 14.5 Å². The zero-order valence-electron chi connectivity index (χ0n) is 17.9. The topological polar surface area (TPSA) is 79.0 Å². The van der Waals surface area contributed by atoms with E-state index in [4.69, 9.17) is 4.74 Å². The van der Waals surface area contributed by atoms with Gasteiger partial charge in [0.25, 0.3) is 5.91 Å². The van der Waals surface area contributed by atoms with Crippen molar-refractivity contribution in [1.29, 1.82) is 0 Å². The van der Waals surface area contributed by atoms with E-state index < -0.39 is 0 Å². The fourth-order valence-corrected chi connectivity index (χ4v) is 4.46. The highest BCUT2D eigenvalue weighted by molar-refractivity contribution is 8.00. The van der Waals surface area contributed by atoms with Crippen LogP contribution >= 0.6 is 11.8 Å². The number of rotatable bonds is 7. The van der Waals surface area contributed by atoms with Crippen LogP contribution in [0, 0.1) is 0 Å². The van der Waals surface area contributed by atoms with Crippen molar-refractivity contribution in [3.05, 3.63) is 29.8 Å². The number of hydrogen-bond donors (Lipinski definition) is 1. The number of cyclic esters (lactones) is 1. The zero-order valence-corrected chi connectivity index (χ0v) is 18.7. The summed E-state index contributed by atoms with van der Waals surface area (Å²) in [7, 11) is 0. The van der Waals surface area contributed by atoms with Crippen molar-refractivity contribution in [2.24, 2.45) is 0 Å². The van der Waals surface area contributed by atoms with E-state index in [0.29, 0.717) is 42.0 Å². The molecule has 1 atom stereocenters. The predicted octanol–water partition coefficient (Wildman–Crippen LogP) is 3.60. The molecule has 2 heterocycles. The molecule has 0 bridgehead atoms. The summed E-state index contributed by atoms with van der Waals surface area (Å²) in [6.07, 6.45) is 2.18. The van der Waals surface area contributed by atoms with Gasteiger partial charge in [0, 0.05) is 30.4 Å². The van der Waals surface area contributed by atoms with Crippen molar-refractivity contribution in [2.45, 2.75) is 57.4 Å². The molecule has 0 aliphatic carbocycles. The maximum Gasteiger partial charge on any atom is 0.410 e. The number of carbonyl (C=O) groups is 3. The molecule has 0 saturated carbocycles. The Morgan fingerprint density at radius 1 is 1.20 bits per heavy atom. The van der Waals surface area contributed by atoms with Crippen molar-refractivity contribution in [1.82, 2.24) is 9.80 Å². The van der Waals surface area contributed by atoms with Gasteiger partial charge in [0.05, 0.1) is 11.8 Å². The Kier molecular flexibility index (Phi) is 7.64. The Bertz CT molecular complexity index is 760. The first-order valence-corrected chi connectivity index (χ1v) is 11.7. The summed E-state index contributed by atoms with van der Waals surface area (Å²) in [6, 6.07) is 7.32. The molecule has 1 unspecified atom stereocenters. The molecule has 2 fully saturated rings. The van der Waals surface area contributed by atoms with Gasteiger partial charge >= 0.3 is 6.09 Å². The van der Waals surface area contributed by atoms with Gasteiger partial charge in [0.2, 0.25) is 5.91 Å².